The summed E-state index contributed by atoms with van der Waals surface area (Å²) < 4.78 is 15.2. The maximum absolute atomic E-state index is 11.1. The number of aryl methyl sites for hydroxylation is 1. The molecular weight excluding hydrogens is 278 g/mol. The van der Waals surface area contributed by atoms with Gasteiger partial charge in [-0.15, -0.1) is 0 Å². The number of nitrogens with zero attached hydrogens (tertiary/aromatic N) is 2. The maximum Gasteiger partial charge on any atom is 0.296 e. The highest BCUT2D eigenvalue weighted by molar-refractivity contribution is 5.68. The highest BCUT2D eigenvalue weighted by atomic mass is 16.6. The molecule has 0 radical (unpaired) electrons. The van der Waals surface area contributed by atoms with E-state index in [9.17, 15) is 10.1 Å². The summed E-state index contributed by atoms with van der Waals surface area (Å²) in [5.41, 5.74) is 0.864. The number of methoxy groups -OCH3 is 2. The van der Waals surface area contributed by atoms with Crippen LogP contribution in [0, 0.1) is 17.0 Å². The average molecular weight is 293 g/mol. The first-order valence-electron chi connectivity index (χ1n) is 6.11. The van der Waals surface area contributed by atoms with E-state index in [1.165, 1.54) is 26.4 Å². The predicted molar refractivity (Wildman–Crippen MR) is 74.8 cm³/mol. The van der Waals surface area contributed by atoms with Crippen LogP contribution in [0.5, 0.6) is 11.5 Å². The van der Waals surface area contributed by atoms with Gasteiger partial charge in [0.25, 0.3) is 5.69 Å². The minimum atomic E-state index is -0.488. The van der Waals surface area contributed by atoms with Gasteiger partial charge in [-0.3, -0.25) is 10.1 Å². The summed E-state index contributed by atoms with van der Waals surface area (Å²) in [6.07, 6.45) is 0. The second kappa shape index (κ2) is 6.12. The third-order valence-electron chi connectivity index (χ3n) is 2.84. The van der Waals surface area contributed by atoms with E-state index in [1.54, 1.807) is 13.0 Å². The second-order valence-electron chi connectivity index (χ2n) is 4.26. The standard InChI is InChI=1S/C13H15N3O5/c1-8-4-9(15-21-8)7-14-10-5-12(19-2)13(20-3)6-11(10)16(17)18/h4-6,14H,7H2,1-3H3. The van der Waals surface area contributed by atoms with Crippen LogP contribution in [0.4, 0.5) is 11.4 Å². The molecule has 0 spiro atoms. The van der Waals surface area contributed by atoms with Gasteiger partial charge >= 0.3 is 0 Å². The van der Waals surface area contributed by atoms with Crippen molar-refractivity contribution in [3.63, 3.8) is 0 Å². The lowest BCUT2D eigenvalue weighted by atomic mass is 10.2. The van der Waals surface area contributed by atoms with Gasteiger partial charge < -0.3 is 19.3 Å². The van der Waals surface area contributed by atoms with Gasteiger partial charge in [0.05, 0.1) is 31.8 Å². The summed E-state index contributed by atoms with van der Waals surface area (Å²) >= 11 is 0. The van der Waals surface area contributed by atoms with Crippen LogP contribution in [0.1, 0.15) is 11.5 Å². The summed E-state index contributed by atoms with van der Waals surface area (Å²) in [7, 11) is 2.89. The van der Waals surface area contributed by atoms with Gasteiger partial charge in [-0.2, -0.15) is 0 Å². The highest BCUT2D eigenvalue weighted by Gasteiger charge is 2.19. The largest absolute Gasteiger partial charge is 0.493 e. The zero-order valence-electron chi connectivity index (χ0n) is 11.9. The Labute approximate surface area is 120 Å². The molecule has 1 N–H and O–H groups in total. The van der Waals surface area contributed by atoms with Crippen molar-refractivity contribution in [2.75, 3.05) is 19.5 Å². The van der Waals surface area contributed by atoms with Crippen molar-refractivity contribution in [1.29, 1.82) is 0 Å². The molecule has 0 aliphatic heterocycles. The van der Waals surface area contributed by atoms with Crippen molar-refractivity contribution in [3.8, 4) is 11.5 Å². The van der Waals surface area contributed by atoms with Gasteiger partial charge in [0.15, 0.2) is 11.5 Å². The Hall–Kier alpha value is -2.77. The first-order chi connectivity index (χ1) is 10.0. The molecule has 1 aromatic heterocycles. The van der Waals surface area contributed by atoms with E-state index in [1.807, 2.05) is 0 Å². The van der Waals surface area contributed by atoms with Crippen LogP contribution < -0.4 is 14.8 Å². The SMILES string of the molecule is COc1cc(NCc2cc(C)on2)c([N+](=O)[O-])cc1OC. The van der Waals surface area contributed by atoms with E-state index in [2.05, 4.69) is 10.5 Å². The molecule has 21 heavy (non-hydrogen) atoms. The quantitative estimate of drug-likeness (QED) is 0.645. The first kappa shape index (κ1) is 14.6. The molecule has 0 atom stereocenters. The van der Waals surface area contributed by atoms with Crippen molar-refractivity contribution in [2.24, 2.45) is 0 Å². The zero-order chi connectivity index (χ0) is 15.4. The van der Waals surface area contributed by atoms with Crippen LogP contribution in [-0.2, 0) is 6.54 Å². The molecule has 0 saturated heterocycles. The number of hydrogen-bond acceptors (Lipinski definition) is 7. The van der Waals surface area contributed by atoms with Gasteiger partial charge in [-0.25, -0.2) is 0 Å². The van der Waals surface area contributed by atoms with Crippen LogP contribution >= 0.6 is 0 Å². The smallest absolute Gasteiger partial charge is 0.296 e. The van der Waals surface area contributed by atoms with E-state index in [-0.39, 0.29) is 5.69 Å². The molecule has 0 unspecified atom stereocenters. The summed E-state index contributed by atoms with van der Waals surface area (Å²) in [6.45, 7) is 2.07. The third-order valence-corrected chi connectivity index (χ3v) is 2.84. The van der Waals surface area contributed by atoms with Gasteiger partial charge in [0, 0.05) is 12.1 Å². The number of nitro benzene ring substituents is 1. The predicted octanol–water partition coefficient (Wildman–Crippen LogP) is 2.52. The number of anilines is 1. The lowest BCUT2D eigenvalue weighted by molar-refractivity contribution is -0.384. The molecule has 2 rings (SSSR count). The molecule has 0 fully saturated rings. The number of hydrogen-bond donors (Lipinski definition) is 1. The summed E-state index contributed by atoms with van der Waals surface area (Å²) in [6, 6.07) is 4.58. The second-order valence-corrected chi connectivity index (χ2v) is 4.26. The molecule has 8 heteroatoms. The molecule has 0 bridgehead atoms. The number of ether oxygens (including phenoxy) is 2. The highest BCUT2D eigenvalue weighted by Crippen LogP contribution is 2.37. The fourth-order valence-electron chi connectivity index (χ4n) is 1.85. The molecule has 0 amide bonds. The van der Waals surface area contributed by atoms with Crippen LogP contribution in [0.25, 0.3) is 0 Å². The number of aromatic nitrogens is 1. The van der Waals surface area contributed by atoms with Gasteiger partial charge in [0.1, 0.15) is 17.1 Å². The minimum Gasteiger partial charge on any atom is -0.493 e. The Morgan fingerprint density at radius 1 is 1.29 bits per heavy atom. The molecule has 0 aliphatic carbocycles. The normalized spacial score (nSPS) is 10.2. The Balaban J connectivity index is 2.29. The fourth-order valence-corrected chi connectivity index (χ4v) is 1.85. The van der Waals surface area contributed by atoms with Crippen LogP contribution in [0.3, 0.4) is 0 Å². The number of nitrogens with one attached hydrogen (secondary N) is 1. The van der Waals surface area contributed by atoms with E-state index >= 15 is 0 Å². The van der Waals surface area contributed by atoms with Crippen molar-refractivity contribution >= 4 is 11.4 Å². The Bertz CT molecular complexity index is 653. The molecule has 0 aliphatic rings. The maximum atomic E-state index is 11.1. The monoisotopic (exact) mass is 293 g/mol. The van der Waals surface area contributed by atoms with Crippen LogP contribution in [-0.4, -0.2) is 24.3 Å². The van der Waals surface area contributed by atoms with Gasteiger partial charge in [0.2, 0.25) is 0 Å². The van der Waals surface area contributed by atoms with Crippen LogP contribution in [0.15, 0.2) is 22.7 Å². The van der Waals surface area contributed by atoms with Gasteiger partial charge in [-0.1, -0.05) is 5.16 Å². The summed E-state index contributed by atoms with van der Waals surface area (Å²) in [5, 5.41) is 17.9. The summed E-state index contributed by atoms with van der Waals surface area (Å²) in [4.78, 5) is 10.7. The van der Waals surface area contributed by atoms with E-state index in [0.29, 0.717) is 35.2 Å². The van der Waals surface area contributed by atoms with Crippen LogP contribution in [0.2, 0.25) is 0 Å². The topological polar surface area (TPSA) is 99.7 Å². The number of rotatable bonds is 6. The molecule has 1 heterocycles. The molecule has 2 aromatic rings. The van der Waals surface area contributed by atoms with Crippen molar-refractivity contribution in [3.05, 3.63) is 39.8 Å². The zero-order valence-corrected chi connectivity index (χ0v) is 11.9. The van der Waals surface area contributed by atoms with Gasteiger partial charge in [-0.05, 0) is 6.92 Å². The molecule has 8 nitrogen and oxygen atoms in total. The molecule has 112 valence electrons. The number of benzene rings is 1. The Morgan fingerprint density at radius 3 is 2.48 bits per heavy atom. The van der Waals surface area contributed by atoms with Crippen molar-refractivity contribution in [1.82, 2.24) is 5.16 Å². The molecule has 1 aromatic carbocycles. The lowest BCUT2D eigenvalue weighted by Crippen LogP contribution is -2.04. The number of nitro groups is 1. The minimum absolute atomic E-state index is 0.104. The van der Waals surface area contributed by atoms with Crippen molar-refractivity contribution < 1.29 is 18.9 Å². The van der Waals surface area contributed by atoms with E-state index in [4.69, 9.17) is 14.0 Å². The average Bonchev–Trinajstić information content (AvgIpc) is 2.89. The lowest BCUT2D eigenvalue weighted by Gasteiger charge is -2.11. The van der Waals surface area contributed by atoms with Crippen molar-refractivity contribution in [2.45, 2.75) is 13.5 Å². The first-order valence-corrected chi connectivity index (χ1v) is 6.11. The third kappa shape index (κ3) is 3.22. The summed E-state index contributed by atoms with van der Waals surface area (Å²) in [5.74, 6) is 1.38. The Morgan fingerprint density at radius 2 is 1.95 bits per heavy atom. The Kier molecular flexibility index (Phi) is 4.27. The van der Waals surface area contributed by atoms with E-state index in [0.717, 1.165) is 0 Å². The molecule has 0 saturated carbocycles. The van der Waals surface area contributed by atoms with E-state index < -0.39 is 4.92 Å². The fraction of sp³-hybridized carbons (Fsp3) is 0.308. The molecular formula is C13H15N3O5.